The zero-order valence-corrected chi connectivity index (χ0v) is 25.7. The largest absolute Gasteiger partial charge is 0.478 e. The average Bonchev–Trinajstić information content (AvgIpc) is 3.38. The number of imidazole rings is 1. The summed E-state index contributed by atoms with van der Waals surface area (Å²) in [6.45, 7) is 7.01. The number of carbonyl (C=O) groups is 2. The van der Waals surface area contributed by atoms with Crippen LogP contribution in [0.2, 0.25) is 0 Å². The second kappa shape index (κ2) is 13.9. The highest BCUT2D eigenvalue weighted by Crippen LogP contribution is 2.32. The number of hydrogen-bond acceptors (Lipinski definition) is 3. The summed E-state index contributed by atoms with van der Waals surface area (Å²) in [6, 6.07) is 19.7. The molecule has 7 nitrogen and oxygen atoms in total. The van der Waals surface area contributed by atoms with Crippen molar-refractivity contribution in [2.75, 3.05) is 11.4 Å². The van der Waals surface area contributed by atoms with Crippen molar-refractivity contribution in [3.8, 4) is 16.8 Å². The molecule has 0 spiro atoms. The van der Waals surface area contributed by atoms with Crippen molar-refractivity contribution in [3.63, 3.8) is 0 Å². The molecule has 1 aliphatic rings. The van der Waals surface area contributed by atoms with E-state index in [9.17, 15) is 14.7 Å². The number of carboxylic acids is 1. The van der Waals surface area contributed by atoms with Gasteiger partial charge in [-0.1, -0.05) is 70.2 Å². The first-order valence-corrected chi connectivity index (χ1v) is 15.9. The zero-order valence-electron chi connectivity index (χ0n) is 25.7. The molecule has 226 valence electrons. The molecule has 0 atom stereocenters. The van der Waals surface area contributed by atoms with Crippen LogP contribution >= 0.6 is 0 Å². The number of nitrogens with one attached hydrogen (secondary N) is 1. The summed E-state index contributed by atoms with van der Waals surface area (Å²) in [4.78, 5) is 32.5. The fourth-order valence-electron chi connectivity index (χ4n) is 6.23. The molecule has 0 radical (unpaired) electrons. The molecule has 2 amide bonds. The van der Waals surface area contributed by atoms with Crippen LogP contribution in [0.5, 0.6) is 0 Å². The molecule has 1 heterocycles. The van der Waals surface area contributed by atoms with Gasteiger partial charge in [-0.25, -0.2) is 14.6 Å². The van der Waals surface area contributed by atoms with Gasteiger partial charge >= 0.3 is 12.0 Å². The van der Waals surface area contributed by atoms with Gasteiger partial charge in [0.2, 0.25) is 0 Å². The lowest BCUT2D eigenvalue weighted by Crippen LogP contribution is -2.46. The fourth-order valence-corrected chi connectivity index (χ4v) is 6.23. The maximum Gasteiger partial charge on any atom is 0.336 e. The Balaban J connectivity index is 1.56. The Kier molecular flexibility index (Phi) is 9.80. The minimum absolute atomic E-state index is 0.0192. The lowest BCUT2D eigenvalue weighted by molar-refractivity contribution is 0.0697. The number of amides is 2. The Morgan fingerprint density at radius 2 is 1.72 bits per heavy atom. The van der Waals surface area contributed by atoms with Crippen molar-refractivity contribution in [2.24, 2.45) is 0 Å². The fraction of sp³-hybridized carbons (Fsp3) is 0.417. The molecular formula is C36H44N4O3. The van der Waals surface area contributed by atoms with Gasteiger partial charge in [0.05, 0.1) is 16.6 Å². The third-order valence-corrected chi connectivity index (χ3v) is 8.60. The summed E-state index contributed by atoms with van der Waals surface area (Å²) >= 11 is 0. The first-order chi connectivity index (χ1) is 20.9. The molecule has 0 saturated heterocycles. The quantitative estimate of drug-likeness (QED) is 0.186. The highest BCUT2D eigenvalue weighted by Gasteiger charge is 2.23. The van der Waals surface area contributed by atoms with E-state index in [1.165, 1.54) is 19.3 Å². The van der Waals surface area contributed by atoms with E-state index in [4.69, 9.17) is 4.98 Å². The van der Waals surface area contributed by atoms with Gasteiger partial charge in [0.15, 0.2) is 0 Å². The minimum atomic E-state index is -0.936. The van der Waals surface area contributed by atoms with Gasteiger partial charge in [-0.2, -0.15) is 0 Å². The predicted octanol–water partition coefficient (Wildman–Crippen LogP) is 8.69. The molecule has 0 bridgehead atoms. The zero-order chi connectivity index (χ0) is 30.3. The molecule has 0 unspecified atom stereocenters. The van der Waals surface area contributed by atoms with Gasteiger partial charge in [0, 0.05) is 30.4 Å². The second-order valence-corrected chi connectivity index (χ2v) is 11.8. The number of aryl methyl sites for hydroxylation is 2. The lowest BCUT2D eigenvalue weighted by atomic mass is 9.95. The van der Waals surface area contributed by atoms with E-state index in [1.807, 2.05) is 42.2 Å². The highest BCUT2D eigenvalue weighted by molar-refractivity contribution is 5.97. The van der Waals surface area contributed by atoms with E-state index >= 15 is 0 Å². The molecule has 5 rings (SSSR count). The molecule has 1 saturated carbocycles. The number of fused-ring (bicyclic) bond motifs is 1. The molecule has 3 aromatic carbocycles. The second-order valence-electron chi connectivity index (χ2n) is 11.8. The molecule has 1 aliphatic carbocycles. The van der Waals surface area contributed by atoms with Gasteiger partial charge in [0.1, 0.15) is 5.82 Å². The third kappa shape index (κ3) is 6.76. The average molecular weight is 581 g/mol. The first kappa shape index (κ1) is 30.3. The number of benzene rings is 3. The van der Waals surface area contributed by atoms with E-state index in [-0.39, 0.29) is 12.1 Å². The number of rotatable bonds is 11. The Morgan fingerprint density at radius 1 is 0.953 bits per heavy atom. The number of hydrogen-bond donors (Lipinski definition) is 2. The number of anilines is 1. The molecule has 2 N–H and O–H groups in total. The van der Waals surface area contributed by atoms with Crippen LogP contribution in [-0.4, -0.2) is 39.2 Å². The van der Waals surface area contributed by atoms with Crippen molar-refractivity contribution < 1.29 is 14.7 Å². The number of carboxylic acid groups (broad SMARTS) is 1. The van der Waals surface area contributed by atoms with Gasteiger partial charge in [0.25, 0.3) is 0 Å². The van der Waals surface area contributed by atoms with Crippen molar-refractivity contribution >= 4 is 28.7 Å². The molecule has 7 heteroatoms. The third-order valence-electron chi connectivity index (χ3n) is 8.60. The number of carbonyl (C=O) groups excluding carboxylic acids is 1. The van der Waals surface area contributed by atoms with Crippen molar-refractivity contribution in [3.05, 3.63) is 77.6 Å². The van der Waals surface area contributed by atoms with E-state index < -0.39 is 5.97 Å². The van der Waals surface area contributed by atoms with Gasteiger partial charge < -0.3 is 10.4 Å². The smallest absolute Gasteiger partial charge is 0.336 e. The van der Waals surface area contributed by atoms with E-state index in [0.29, 0.717) is 17.7 Å². The van der Waals surface area contributed by atoms with Crippen LogP contribution in [0, 0.1) is 6.92 Å². The topological polar surface area (TPSA) is 87.5 Å². The van der Waals surface area contributed by atoms with Crippen molar-refractivity contribution in [1.82, 2.24) is 14.9 Å². The molecule has 1 aromatic heterocycles. The number of urea groups is 1. The van der Waals surface area contributed by atoms with Crippen LogP contribution < -0.4 is 10.2 Å². The van der Waals surface area contributed by atoms with Gasteiger partial charge in [-0.15, -0.1) is 0 Å². The van der Waals surface area contributed by atoms with Crippen LogP contribution in [0.3, 0.4) is 0 Å². The summed E-state index contributed by atoms with van der Waals surface area (Å²) in [5.74, 6) is 0.0491. The predicted molar refractivity (Wildman–Crippen MR) is 174 cm³/mol. The van der Waals surface area contributed by atoms with Crippen LogP contribution in [-0.2, 0) is 6.42 Å². The van der Waals surface area contributed by atoms with E-state index in [2.05, 4.69) is 41.9 Å². The Labute approximate surface area is 254 Å². The number of nitrogens with zero attached hydrogens (tertiary/aromatic N) is 3. The van der Waals surface area contributed by atoms with Crippen LogP contribution in [0.15, 0.2) is 60.7 Å². The lowest BCUT2D eigenvalue weighted by Gasteiger charge is -2.28. The Bertz CT molecular complexity index is 1580. The normalized spacial score (nSPS) is 13.7. The summed E-state index contributed by atoms with van der Waals surface area (Å²) < 4.78 is 2.21. The maximum atomic E-state index is 13.6. The van der Waals surface area contributed by atoms with Gasteiger partial charge in [-0.05, 0) is 85.7 Å². The molecular weight excluding hydrogens is 536 g/mol. The van der Waals surface area contributed by atoms with Crippen LogP contribution in [0.25, 0.3) is 27.8 Å². The number of unbranched alkanes of at least 4 members (excludes halogenated alkanes) is 2. The SMILES string of the molecule is CCCCc1nc2ccc(N(CCCC)C(=O)NC3CCCCC3)cc2n1-c1ccc(-c2ccccc2C(=O)O)c(C)c1. The van der Waals surface area contributed by atoms with Crippen LogP contribution in [0.4, 0.5) is 10.5 Å². The number of aromatic carboxylic acids is 1. The van der Waals surface area contributed by atoms with Crippen molar-refractivity contribution in [1.29, 1.82) is 0 Å². The first-order valence-electron chi connectivity index (χ1n) is 15.9. The molecule has 43 heavy (non-hydrogen) atoms. The molecule has 0 aliphatic heterocycles. The summed E-state index contributed by atoms with van der Waals surface area (Å²) in [5, 5.41) is 13.1. The molecule has 4 aromatic rings. The van der Waals surface area contributed by atoms with E-state index in [1.54, 1.807) is 12.1 Å². The summed E-state index contributed by atoms with van der Waals surface area (Å²) in [5.41, 5.74) is 6.60. The summed E-state index contributed by atoms with van der Waals surface area (Å²) in [7, 11) is 0. The maximum absolute atomic E-state index is 13.6. The van der Waals surface area contributed by atoms with Crippen LogP contribution in [0.1, 0.15) is 93.4 Å². The highest BCUT2D eigenvalue weighted by atomic mass is 16.4. The van der Waals surface area contributed by atoms with Gasteiger partial charge in [-0.3, -0.25) is 9.47 Å². The molecule has 1 fully saturated rings. The monoisotopic (exact) mass is 580 g/mol. The Hall–Kier alpha value is -4.13. The number of aromatic nitrogens is 2. The minimum Gasteiger partial charge on any atom is -0.478 e. The van der Waals surface area contributed by atoms with Crippen molar-refractivity contribution in [2.45, 2.75) is 91.0 Å². The Morgan fingerprint density at radius 3 is 2.44 bits per heavy atom. The standard InChI is InChI=1S/C36H44N4O3/c1-4-6-17-34-38-32-21-19-27(39(22-7-5-2)36(43)37-26-13-9-8-10-14-26)24-33(32)40(34)28-18-20-29(25(3)23-28)30-15-11-12-16-31(30)35(41)42/h11-12,15-16,18-21,23-24,26H,4-10,13-14,17,22H2,1-3H3,(H,37,43)(H,41,42). The summed E-state index contributed by atoms with van der Waals surface area (Å²) in [6.07, 6.45) is 10.5. The van der Waals surface area contributed by atoms with E-state index in [0.717, 1.165) is 84.3 Å².